The average Bonchev–Trinajstić information content (AvgIpc) is 3.05. The van der Waals surface area contributed by atoms with Gasteiger partial charge in [-0.3, -0.25) is 9.69 Å². The number of hydrogen-bond acceptors (Lipinski definition) is 3. The molecule has 3 N–H and O–H groups in total. The standard InChI is InChI=1S/C13H24F3N3O/c1-12(11(17)20,18-10-5-6-10)7-3-4-8-19(2)9-13(14,15)16/h10,18H,3-9H2,1-2H3,(H2,17,20). The molecule has 0 aromatic rings. The summed E-state index contributed by atoms with van der Waals surface area (Å²) >= 11 is 0. The van der Waals surface area contributed by atoms with Crippen molar-refractivity contribution in [1.29, 1.82) is 0 Å². The number of carbonyl (C=O) groups excluding carboxylic acids is 1. The molecule has 0 heterocycles. The Morgan fingerprint density at radius 2 is 1.95 bits per heavy atom. The van der Waals surface area contributed by atoms with Crippen molar-refractivity contribution in [3.8, 4) is 0 Å². The number of primary amides is 1. The van der Waals surface area contributed by atoms with E-state index in [0.29, 0.717) is 31.8 Å². The second-order valence-electron chi connectivity index (χ2n) is 5.93. The molecule has 118 valence electrons. The summed E-state index contributed by atoms with van der Waals surface area (Å²) in [4.78, 5) is 12.7. The first-order chi connectivity index (χ1) is 9.12. The van der Waals surface area contributed by atoms with E-state index in [1.54, 1.807) is 6.92 Å². The smallest absolute Gasteiger partial charge is 0.368 e. The van der Waals surface area contributed by atoms with Crippen LogP contribution in [0.15, 0.2) is 0 Å². The van der Waals surface area contributed by atoms with Crippen molar-refractivity contribution in [1.82, 2.24) is 10.2 Å². The molecule has 1 rings (SSSR count). The van der Waals surface area contributed by atoms with E-state index in [9.17, 15) is 18.0 Å². The van der Waals surface area contributed by atoms with Crippen LogP contribution in [0, 0.1) is 0 Å². The van der Waals surface area contributed by atoms with Gasteiger partial charge in [0.2, 0.25) is 5.91 Å². The quantitative estimate of drug-likeness (QED) is 0.636. The number of unbranched alkanes of at least 4 members (excludes halogenated alkanes) is 1. The molecule has 20 heavy (non-hydrogen) atoms. The second kappa shape index (κ2) is 6.76. The van der Waals surface area contributed by atoms with E-state index in [2.05, 4.69) is 5.32 Å². The highest BCUT2D eigenvalue weighted by atomic mass is 19.4. The zero-order chi connectivity index (χ0) is 15.4. The van der Waals surface area contributed by atoms with E-state index in [4.69, 9.17) is 5.73 Å². The Bertz CT molecular complexity index is 331. The molecule has 1 amide bonds. The van der Waals surface area contributed by atoms with Gasteiger partial charge in [0.25, 0.3) is 0 Å². The van der Waals surface area contributed by atoms with Gasteiger partial charge in [0, 0.05) is 6.04 Å². The zero-order valence-electron chi connectivity index (χ0n) is 12.1. The normalized spacial score (nSPS) is 19.1. The highest BCUT2D eigenvalue weighted by Crippen LogP contribution is 2.25. The third-order valence-electron chi connectivity index (χ3n) is 3.56. The van der Waals surface area contributed by atoms with Gasteiger partial charge in [-0.15, -0.1) is 0 Å². The first-order valence-electron chi connectivity index (χ1n) is 6.95. The van der Waals surface area contributed by atoms with Gasteiger partial charge >= 0.3 is 6.18 Å². The topological polar surface area (TPSA) is 58.4 Å². The minimum atomic E-state index is -4.16. The average molecular weight is 295 g/mol. The van der Waals surface area contributed by atoms with Crippen LogP contribution in [0.4, 0.5) is 13.2 Å². The fourth-order valence-electron chi connectivity index (χ4n) is 2.19. The zero-order valence-corrected chi connectivity index (χ0v) is 12.1. The Labute approximate surface area is 117 Å². The molecule has 1 saturated carbocycles. The first kappa shape index (κ1) is 17.2. The highest BCUT2D eigenvalue weighted by Gasteiger charge is 2.36. The minimum absolute atomic E-state index is 0.359. The Morgan fingerprint density at radius 3 is 2.40 bits per heavy atom. The van der Waals surface area contributed by atoms with Crippen molar-refractivity contribution in [3.05, 3.63) is 0 Å². The number of hydrogen-bond donors (Lipinski definition) is 2. The monoisotopic (exact) mass is 295 g/mol. The highest BCUT2D eigenvalue weighted by molar-refractivity contribution is 5.84. The lowest BCUT2D eigenvalue weighted by Crippen LogP contribution is -2.54. The molecular formula is C13H24F3N3O. The van der Waals surface area contributed by atoms with Crippen LogP contribution in [0.1, 0.15) is 39.0 Å². The number of nitrogens with one attached hydrogen (secondary N) is 1. The molecule has 0 aromatic heterocycles. The summed E-state index contributed by atoms with van der Waals surface area (Å²) in [5.41, 5.74) is 4.67. The molecule has 1 fully saturated rings. The van der Waals surface area contributed by atoms with Crippen LogP contribution in [-0.2, 0) is 4.79 Å². The maximum atomic E-state index is 12.1. The number of rotatable bonds is 9. The Hall–Kier alpha value is -0.820. The van der Waals surface area contributed by atoms with Gasteiger partial charge in [-0.25, -0.2) is 0 Å². The van der Waals surface area contributed by atoms with Gasteiger partial charge in [0.05, 0.1) is 12.1 Å². The molecule has 0 aromatic carbocycles. The molecule has 1 unspecified atom stereocenters. The third kappa shape index (κ3) is 6.56. The van der Waals surface area contributed by atoms with E-state index < -0.39 is 24.2 Å². The number of carbonyl (C=O) groups is 1. The third-order valence-corrected chi connectivity index (χ3v) is 3.56. The van der Waals surface area contributed by atoms with Crippen LogP contribution in [0.25, 0.3) is 0 Å². The van der Waals surface area contributed by atoms with Crippen molar-refractivity contribution in [3.63, 3.8) is 0 Å². The Morgan fingerprint density at radius 1 is 1.35 bits per heavy atom. The summed E-state index contributed by atoms with van der Waals surface area (Å²) in [6.45, 7) is 1.23. The van der Waals surface area contributed by atoms with Crippen LogP contribution in [0.5, 0.6) is 0 Å². The number of amides is 1. The van der Waals surface area contributed by atoms with Crippen molar-refractivity contribution in [2.24, 2.45) is 5.73 Å². The summed E-state index contributed by atoms with van der Waals surface area (Å²) in [7, 11) is 1.45. The molecule has 0 bridgehead atoms. The SMILES string of the molecule is CN(CCCCC(C)(NC1CC1)C(N)=O)CC(F)(F)F. The molecule has 0 spiro atoms. The van der Waals surface area contributed by atoms with Crippen molar-refractivity contribution in [2.45, 2.75) is 56.8 Å². The fraction of sp³-hybridized carbons (Fsp3) is 0.923. The Balaban J connectivity index is 2.25. The van der Waals surface area contributed by atoms with Crippen LogP contribution >= 0.6 is 0 Å². The van der Waals surface area contributed by atoms with Crippen LogP contribution < -0.4 is 11.1 Å². The summed E-state index contributed by atoms with van der Waals surface area (Å²) < 4.78 is 36.4. The molecule has 0 radical (unpaired) electrons. The fourth-order valence-corrected chi connectivity index (χ4v) is 2.19. The summed E-state index contributed by atoms with van der Waals surface area (Å²) in [5.74, 6) is -0.395. The lowest BCUT2D eigenvalue weighted by atomic mass is 9.93. The minimum Gasteiger partial charge on any atom is -0.368 e. The van der Waals surface area contributed by atoms with Crippen LogP contribution in [0.2, 0.25) is 0 Å². The van der Waals surface area contributed by atoms with Crippen molar-refractivity contribution < 1.29 is 18.0 Å². The van der Waals surface area contributed by atoms with E-state index in [1.165, 1.54) is 11.9 Å². The second-order valence-corrected chi connectivity index (χ2v) is 5.93. The van der Waals surface area contributed by atoms with E-state index in [-0.39, 0.29) is 0 Å². The number of nitrogens with two attached hydrogens (primary N) is 1. The molecule has 1 atom stereocenters. The molecule has 7 heteroatoms. The van der Waals surface area contributed by atoms with Crippen molar-refractivity contribution in [2.75, 3.05) is 20.1 Å². The maximum Gasteiger partial charge on any atom is 0.401 e. The van der Waals surface area contributed by atoms with Crippen LogP contribution in [-0.4, -0.2) is 48.7 Å². The Kier molecular flexibility index (Phi) is 5.82. The maximum absolute atomic E-state index is 12.1. The molecule has 1 aliphatic rings. The van der Waals surface area contributed by atoms with E-state index in [0.717, 1.165) is 12.8 Å². The van der Waals surface area contributed by atoms with Gasteiger partial charge in [-0.05, 0) is 52.6 Å². The van der Waals surface area contributed by atoms with Crippen molar-refractivity contribution >= 4 is 5.91 Å². The molecule has 0 aliphatic heterocycles. The lowest BCUT2D eigenvalue weighted by Gasteiger charge is -2.28. The summed E-state index contributed by atoms with van der Waals surface area (Å²) in [6, 6.07) is 0.361. The van der Waals surface area contributed by atoms with Gasteiger partial charge < -0.3 is 11.1 Å². The molecule has 1 aliphatic carbocycles. The molecule has 0 saturated heterocycles. The van der Waals surface area contributed by atoms with Gasteiger partial charge in [-0.1, -0.05) is 0 Å². The van der Waals surface area contributed by atoms with Gasteiger partial charge in [0.1, 0.15) is 0 Å². The number of nitrogens with zero attached hydrogens (tertiary/aromatic N) is 1. The van der Waals surface area contributed by atoms with Gasteiger partial charge in [0.15, 0.2) is 0 Å². The van der Waals surface area contributed by atoms with Gasteiger partial charge in [-0.2, -0.15) is 13.2 Å². The number of alkyl halides is 3. The lowest BCUT2D eigenvalue weighted by molar-refractivity contribution is -0.143. The predicted molar refractivity (Wildman–Crippen MR) is 71.2 cm³/mol. The number of halogens is 3. The largest absolute Gasteiger partial charge is 0.401 e. The van der Waals surface area contributed by atoms with E-state index in [1.807, 2.05) is 0 Å². The predicted octanol–water partition coefficient (Wildman–Crippen LogP) is 1.65. The summed E-state index contributed by atoms with van der Waals surface area (Å²) in [6.07, 6.45) is -0.222. The molecule has 4 nitrogen and oxygen atoms in total. The first-order valence-corrected chi connectivity index (χ1v) is 6.95. The molecular weight excluding hydrogens is 271 g/mol. The summed E-state index contributed by atoms with van der Waals surface area (Å²) in [5, 5.41) is 3.22. The van der Waals surface area contributed by atoms with Crippen LogP contribution in [0.3, 0.4) is 0 Å². The van der Waals surface area contributed by atoms with E-state index >= 15 is 0 Å².